The molecule has 1 aliphatic carbocycles. The SMILES string of the molecule is Cc1ccc(C(=O)NC2CC2)cc1Nc1ncnc2c1cnn2C(C)(C)C. The van der Waals surface area contributed by atoms with Gasteiger partial charge >= 0.3 is 0 Å². The largest absolute Gasteiger partial charge is 0.349 e. The predicted octanol–water partition coefficient (Wildman–Crippen LogP) is 3.53. The molecule has 2 heterocycles. The minimum absolute atomic E-state index is 0.0334. The molecule has 0 saturated heterocycles. The summed E-state index contributed by atoms with van der Waals surface area (Å²) in [6, 6.07) is 6.00. The molecule has 0 atom stereocenters. The van der Waals surface area contributed by atoms with Gasteiger partial charge in [0, 0.05) is 17.3 Å². The number of benzene rings is 1. The number of anilines is 2. The Bertz CT molecular complexity index is 1010. The second-order valence-corrected chi connectivity index (χ2v) is 8.09. The first-order chi connectivity index (χ1) is 12.8. The zero-order chi connectivity index (χ0) is 19.2. The molecule has 27 heavy (non-hydrogen) atoms. The van der Waals surface area contributed by atoms with E-state index >= 15 is 0 Å². The first kappa shape index (κ1) is 17.5. The van der Waals surface area contributed by atoms with Crippen molar-refractivity contribution in [3.63, 3.8) is 0 Å². The highest BCUT2D eigenvalue weighted by Gasteiger charge is 2.24. The Labute approximate surface area is 158 Å². The third kappa shape index (κ3) is 3.49. The number of amides is 1. The Kier molecular flexibility index (Phi) is 4.09. The molecule has 4 rings (SSSR count). The van der Waals surface area contributed by atoms with Gasteiger partial charge in [-0.1, -0.05) is 6.07 Å². The van der Waals surface area contributed by atoms with Gasteiger partial charge in [0.15, 0.2) is 5.65 Å². The van der Waals surface area contributed by atoms with Gasteiger partial charge in [0.05, 0.1) is 17.1 Å². The lowest BCUT2D eigenvalue weighted by Gasteiger charge is -2.19. The van der Waals surface area contributed by atoms with Crippen molar-refractivity contribution >= 4 is 28.4 Å². The molecule has 1 saturated carbocycles. The summed E-state index contributed by atoms with van der Waals surface area (Å²) in [6.45, 7) is 8.25. The van der Waals surface area contributed by atoms with E-state index < -0.39 is 0 Å². The van der Waals surface area contributed by atoms with Crippen LogP contribution in [0.2, 0.25) is 0 Å². The summed E-state index contributed by atoms with van der Waals surface area (Å²) in [5, 5.41) is 11.7. The number of hydrogen-bond acceptors (Lipinski definition) is 5. The van der Waals surface area contributed by atoms with E-state index in [0.29, 0.717) is 17.4 Å². The van der Waals surface area contributed by atoms with E-state index in [1.165, 1.54) is 6.33 Å². The van der Waals surface area contributed by atoms with Crippen molar-refractivity contribution in [3.05, 3.63) is 41.9 Å². The highest BCUT2D eigenvalue weighted by Crippen LogP contribution is 2.28. The molecule has 0 spiro atoms. The van der Waals surface area contributed by atoms with Crippen molar-refractivity contribution in [1.29, 1.82) is 0 Å². The molecular formula is C20H24N6O. The molecule has 7 heteroatoms. The average Bonchev–Trinajstić information content (AvgIpc) is 3.30. The van der Waals surface area contributed by atoms with Crippen molar-refractivity contribution in [2.45, 2.75) is 52.1 Å². The van der Waals surface area contributed by atoms with Crippen LogP contribution in [0.15, 0.2) is 30.7 Å². The van der Waals surface area contributed by atoms with Crippen LogP contribution in [0.4, 0.5) is 11.5 Å². The molecular weight excluding hydrogens is 340 g/mol. The quantitative estimate of drug-likeness (QED) is 0.740. The Hall–Kier alpha value is -2.96. The molecule has 0 unspecified atom stereocenters. The Morgan fingerprint density at radius 2 is 2.00 bits per heavy atom. The van der Waals surface area contributed by atoms with Gasteiger partial charge in [0.1, 0.15) is 12.1 Å². The molecule has 7 nitrogen and oxygen atoms in total. The number of aromatic nitrogens is 4. The van der Waals surface area contributed by atoms with E-state index in [2.05, 4.69) is 46.5 Å². The smallest absolute Gasteiger partial charge is 0.251 e. The molecule has 0 radical (unpaired) electrons. The molecule has 0 bridgehead atoms. The van der Waals surface area contributed by atoms with Gasteiger partial charge in [-0.3, -0.25) is 4.79 Å². The minimum Gasteiger partial charge on any atom is -0.349 e. The van der Waals surface area contributed by atoms with Crippen molar-refractivity contribution in [2.24, 2.45) is 0 Å². The second kappa shape index (κ2) is 6.33. The van der Waals surface area contributed by atoms with Gasteiger partial charge in [-0.2, -0.15) is 5.10 Å². The lowest BCUT2D eigenvalue weighted by atomic mass is 10.1. The highest BCUT2D eigenvalue weighted by atomic mass is 16.1. The maximum absolute atomic E-state index is 12.4. The molecule has 1 amide bonds. The number of nitrogens with one attached hydrogen (secondary N) is 2. The number of aryl methyl sites for hydroxylation is 1. The van der Waals surface area contributed by atoms with Crippen LogP contribution in [0.25, 0.3) is 11.0 Å². The molecule has 1 aromatic carbocycles. The summed E-state index contributed by atoms with van der Waals surface area (Å²) in [5.74, 6) is 0.646. The maximum atomic E-state index is 12.4. The van der Waals surface area contributed by atoms with Crippen molar-refractivity contribution in [1.82, 2.24) is 25.1 Å². The van der Waals surface area contributed by atoms with Crippen molar-refractivity contribution in [3.8, 4) is 0 Å². The van der Waals surface area contributed by atoms with Crippen LogP contribution in [-0.2, 0) is 5.54 Å². The molecule has 1 fully saturated rings. The van der Waals surface area contributed by atoms with Gasteiger partial charge < -0.3 is 10.6 Å². The van der Waals surface area contributed by atoms with E-state index in [-0.39, 0.29) is 11.4 Å². The number of nitrogens with zero attached hydrogens (tertiary/aromatic N) is 4. The van der Waals surface area contributed by atoms with E-state index in [1.54, 1.807) is 6.20 Å². The van der Waals surface area contributed by atoms with Crippen LogP contribution in [-0.4, -0.2) is 31.7 Å². The van der Waals surface area contributed by atoms with E-state index in [0.717, 1.165) is 35.1 Å². The third-order valence-corrected chi connectivity index (χ3v) is 4.67. The normalized spacial score (nSPS) is 14.4. The molecule has 1 aliphatic rings. The summed E-state index contributed by atoms with van der Waals surface area (Å²) in [6.07, 6.45) is 5.45. The maximum Gasteiger partial charge on any atom is 0.251 e. The number of rotatable bonds is 4. The highest BCUT2D eigenvalue weighted by molar-refractivity contribution is 5.96. The second-order valence-electron chi connectivity index (χ2n) is 8.09. The molecule has 3 aromatic rings. The van der Waals surface area contributed by atoms with Crippen LogP contribution in [0.5, 0.6) is 0 Å². The van der Waals surface area contributed by atoms with Gasteiger partial charge in [-0.05, 0) is 58.2 Å². The molecule has 0 aliphatic heterocycles. The van der Waals surface area contributed by atoms with Crippen molar-refractivity contribution in [2.75, 3.05) is 5.32 Å². The van der Waals surface area contributed by atoms with E-state index in [1.807, 2.05) is 29.8 Å². The summed E-state index contributed by atoms with van der Waals surface area (Å²) in [5.41, 5.74) is 3.13. The van der Waals surface area contributed by atoms with Crippen LogP contribution >= 0.6 is 0 Å². The van der Waals surface area contributed by atoms with Crippen molar-refractivity contribution < 1.29 is 4.79 Å². The summed E-state index contributed by atoms with van der Waals surface area (Å²) >= 11 is 0. The monoisotopic (exact) mass is 364 g/mol. The Balaban J connectivity index is 1.67. The third-order valence-electron chi connectivity index (χ3n) is 4.67. The summed E-state index contributed by atoms with van der Waals surface area (Å²) in [4.78, 5) is 21.2. The standard InChI is InChI=1S/C20H24N6O/c1-12-5-6-13(19(27)24-14-7-8-14)9-16(12)25-17-15-10-23-26(20(2,3)4)18(15)22-11-21-17/h5-6,9-11,14H,7-8H2,1-4H3,(H,24,27)(H,21,22,25). The first-order valence-electron chi connectivity index (χ1n) is 9.21. The molecule has 2 N–H and O–H groups in total. The van der Waals surface area contributed by atoms with E-state index in [4.69, 9.17) is 0 Å². The van der Waals surface area contributed by atoms with Gasteiger partial charge in [0.25, 0.3) is 5.91 Å². The fourth-order valence-corrected chi connectivity index (χ4v) is 2.96. The predicted molar refractivity (Wildman–Crippen MR) is 105 cm³/mol. The fraction of sp³-hybridized carbons (Fsp3) is 0.400. The summed E-state index contributed by atoms with van der Waals surface area (Å²) < 4.78 is 1.89. The molecule has 140 valence electrons. The Morgan fingerprint density at radius 1 is 1.22 bits per heavy atom. The van der Waals surface area contributed by atoms with E-state index in [9.17, 15) is 4.79 Å². The Morgan fingerprint density at radius 3 is 2.70 bits per heavy atom. The van der Waals surface area contributed by atoms with Gasteiger partial charge in [0.2, 0.25) is 0 Å². The zero-order valence-electron chi connectivity index (χ0n) is 16.1. The number of carbonyl (C=O) groups excluding carboxylic acids is 1. The van der Waals surface area contributed by atoms with Crippen LogP contribution < -0.4 is 10.6 Å². The lowest BCUT2D eigenvalue weighted by molar-refractivity contribution is 0.0951. The number of carbonyl (C=O) groups is 1. The topological polar surface area (TPSA) is 84.7 Å². The van der Waals surface area contributed by atoms with Crippen LogP contribution in [0.3, 0.4) is 0 Å². The minimum atomic E-state index is -0.176. The van der Waals surface area contributed by atoms with Crippen LogP contribution in [0.1, 0.15) is 49.5 Å². The average molecular weight is 364 g/mol. The summed E-state index contributed by atoms with van der Waals surface area (Å²) in [7, 11) is 0. The van der Waals surface area contributed by atoms with Crippen LogP contribution in [0, 0.1) is 6.92 Å². The van der Waals surface area contributed by atoms with Gasteiger partial charge in [-0.15, -0.1) is 0 Å². The van der Waals surface area contributed by atoms with Gasteiger partial charge in [-0.25, -0.2) is 14.6 Å². The lowest BCUT2D eigenvalue weighted by Crippen LogP contribution is -2.25. The molecule has 2 aromatic heterocycles. The fourth-order valence-electron chi connectivity index (χ4n) is 2.96. The number of fused-ring (bicyclic) bond motifs is 1. The first-order valence-corrected chi connectivity index (χ1v) is 9.21. The number of hydrogen-bond donors (Lipinski definition) is 2. The zero-order valence-corrected chi connectivity index (χ0v) is 16.1.